The van der Waals surface area contributed by atoms with Crippen molar-refractivity contribution in [3.05, 3.63) is 71.8 Å². The Bertz CT molecular complexity index is 940. The molecule has 3 rings (SSSR count). The van der Waals surface area contributed by atoms with E-state index in [1.54, 1.807) is 0 Å². The summed E-state index contributed by atoms with van der Waals surface area (Å²) in [6.07, 6.45) is 3.06. The first-order valence-electron chi connectivity index (χ1n) is 10.3. The minimum atomic E-state index is -1.07. The average molecular weight is 422 g/mol. The zero-order valence-electron chi connectivity index (χ0n) is 17.3. The SMILES string of the molecule is CCCC(NC(=O)/C=C/CNC(=O)OCC1c2ccccc2-c2ccccc21)C(=O)O. The number of hydrogen-bond acceptors (Lipinski definition) is 4. The quantitative estimate of drug-likeness (QED) is 0.537. The molecule has 2 aromatic carbocycles. The van der Waals surface area contributed by atoms with Crippen LogP contribution >= 0.6 is 0 Å². The van der Waals surface area contributed by atoms with E-state index in [-0.39, 0.29) is 19.1 Å². The predicted molar refractivity (Wildman–Crippen MR) is 117 cm³/mol. The van der Waals surface area contributed by atoms with Crippen molar-refractivity contribution in [1.29, 1.82) is 0 Å². The Morgan fingerprint density at radius 1 is 1.06 bits per heavy atom. The fraction of sp³-hybridized carbons (Fsp3) is 0.292. The zero-order chi connectivity index (χ0) is 22.2. The molecule has 162 valence electrons. The average Bonchev–Trinajstić information content (AvgIpc) is 3.09. The molecule has 0 saturated carbocycles. The zero-order valence-corrected chi connectivity index (χ0v) is 17.3. The number of carboxylic acids is 1. The highest BCUT2D eigenvalue weighted by Crippen LogP contribution is 2.44. The summed E-state index contributed by atoms with van der Waals surface area (Å²) in [5.41, 5.74) is 4.58. The van der Waals surface area contributed by atoms with E-state index in [9.17, 15) is 14.4 Å². The van der Waals surface area contributed by atoms with Gasteiger partial charge in [0.05, 0.1) is 0 Å². The van der Waals surface area contributed by atoms with Crippen LogP contribution in [0.2, 0.25) is 0 Å². The number of aliphatic carboxylic acids is 1. The summed E-state index contributed by atoms with van der Waals surface area (Å²) < 4.78 is 5.41. The number of rotatable bonds is 9. The number of amides is 2. The fourth-order valence-corrected chi connectivity index (χ4v) is 3.72. The van der Waals surface area contributed by atoms with E-state index in [2.05, 4.69) is 22.8 Å². The van der Waals surface area contributed by atoms with E-state index < -0.39 is 24.0 Å². The summed E-state index contributed by atoms with van der Waals surface area (Å²) in [6, 6.07) is 15.3. The standard InChI is InChI=1S/C24H26N2O5/c1-2-8-21(23(28)29)26-22(27)13-7-14-25-24(30)31-15-20-18-11-5-3-9-16(18)17-10-4-6-12-19(17)20/h3-7,9-13,20-21H,2,8,14-15H2,1H3,(H,25,30)(H,26,27)(H,28,29)/b13-7+. The molecule has 0 saturated heterocycles. The number of fused-ring (bicyclic) bond motifs is 3. The Morgan fingerprint density at radius 3 is 2.26 bits per heavy atom. The molecule has 7 heteroatoms. The minimum absolute atomic E-state index is 0.0222. The molecule has 0 aliphatic heterocycles. The first kappa shape index (κ1) is 22.1. The topological polar surface area (TPSA) is 105 Å². The maximum atomic E-state index is 12.1. The molecule has 0 spiro atoms. The smallest absolute Gasteiger partial charge is 0.407 e. The molecule has 1 atom stereocenters. The molecule has 1 aliphatic rings. The third-order valence-corrected chi connectivity index (χ3v) is 5.17. The van der Waals surface area contributed by atoms with Crippen molar-refractivity contribution >= 4 is 18.0 Å². The van der Waals surface area contributed by atoms with E-state index in [1.807, 2.05) is 43.3 Å². The van der Waals surface area contributed by atoms with Crippen LogP contribution in [0.3, 0.4) is 0 Å². The van der Waals surface area contributed by atoms with Gasteiger partial charge in [0.15, 0.2) is 0 Å². The molecule has 0 heterocycles. The van der Waals surface area contributed by atoms with Crippen LogP contribution in [0, 0.1) is 0 Å². The van der Waals surface area contributed by atoms with E-state index in [1.165, 1.54) is 12.2 Å². The Labute approximate surface area is 181 Å². The number of carbonyl (C=O) groups is 3. The largest absolute Gasteiger partial charge is 0.480 e. The second kappa shape index (κ2) is 10.4. The summed E-state index contributed by atoms with van der Waals surface area (Å²) >= 11 is 0. The van der Waals surface area contributed by atoms with Crippen LogP contribution in [-0.2, 0) is 14.3 Å². The highest BCUT2D eigenvalue weighted by atomic mass is 16.5. The lowest BCUT2D eigenvalue weighted by Crippen LogP contribution is -2.39. The molecule has 0 fully saturated rings. The fourth-order valence-electron chi connectivity index (χ4n) is 3.72. The van der Waals surface area contributed by atoms with Gasteiger partial charge in [-0.05, 0) is 28.7 Å². The summed E-state index contributed by atoms with van der Waals surface area (Å²) in [4.78, 5) is 34.9. The Morgan fingerprint density at radius 2 is 1.68 bits per heavy atom. The number of nitrogens with one attached hydrogen (secondary N) is 2. The molecule has 7 nitrogen and oxygen atoms in total. The number of benzene rings is 2. The van der Waals surface area contributed by atoms with Crippen molar-refractivity contribution in [2.75, 3.05) is 13.2 Å². The third kappa shape index (κ3) is 5.51. The molecular formula is C24H26N2O5. The molecule has 2 amide bonds. The maximum absolute atomic E-state index is 12.1. The number of carbonyl (C=O) groups excluding carboxylic acids is 2. The maximum Gasteiger partial charge on any atom is 0.407 e. The highest BCUT2D eigenvalue weighted by Gasteiger charge is 2.28. The second-order valence-corrected chi connectivity index (χ2v) is 7.30. The Kier molecular flexibility index (Phi) is 7.43. The van der Waals surface area contributed by atoms with Crippen molar-refractivity contribution in [3.8, 4) is 11.1 Å². The molecule has 0 bridgehead atoms. The van der Waals surface area contributed by atoms with Crippen LogP contribution in [-0.4, -0.2) is 42.3 Å². The van der Waals surface area contributed by atoms with Gasteiger partial charge in [0.1, 0.15) is 12.6 Å². The van der Waals surface area contributed by atoms with Gasteiger partial charge in [-0.3, -0.25) is 4.79 Å². The van der Waals surface area contributed by atoms with Gasteiger partial charge in [0.2, 0.25) is 5.91 Å². The van der Waals surface area contributed by atoms with Crippen molar-refractivity contribution < 1.29 is 24.2 Å². The monoisotopic (exact) mass is 422 g/mol. The van der Waals surface area contributed by atoms with Crippen molar-refractivity contribution in [2.24, 2.45) is 0 Å². The Hall–Kier alpha value is -3.61. The van der Waals surface area contributed by atoms with Gasteiger partial charge in [-0.25, -0.2) is 9.59 Å². The molecule has 2 aromatic rings. The number of hydrogen-bond donors (Lipinski definition) is 3. The van der Waals surface area contributed by atoms with E-state index in [4.69, 9.17) is 9.84 Å². The van der Waals surface area contributed by atoms with Crippen LogP contribution < -0.4 is 10.6 Å². The summed E-state index contributed by atoms with van der Waals surface area (Å²) in [6.45, 7) is 2.15. The second-order valence-electron chi connectivity index (χ2n) is 7.30. The van der Waals surface area contributed by atoms with Crippen LogP contribution in [0.15, 0.2) is 60.7 Å². The van der Waals surface area contributed by atoms with E-state index in [0.29, 0.717) is 12.8 Å². The molecule has 1 unspecified atom stereocenters. The Balaban J connectivity index is 1.47. The lowest BCUT2D eigenvalue weighted by Gasteiger charge is -2.14. The normalized spacial score (nSPS) is 13.3. The molecule has 3 N–H and O–H groups in total. The predicted octanol–water partition coefficient (Wildman–Crippen LogP) is 3.45. The van der Waals surface area contributed by atoms with Crippen molar-refractivity contribution in [1.82, 2.24) is 10.6 Å². The molecule has 0 aromatic heterocycles. The molecule has 0 radical (unpaired) electrons. The van der Waals surface area contributed by atoms with Gasteiger partial charge in [-0.15, -0.1) is 0 Å². The lowest BCUT2D eigenvalue weighted by atomic mass is 9.98. The molecule has 31 heavy (non-hydrogen) atoms. The van der Waals surface area contributed by atoms with Gasteiger partial charge < -0.3 is 20.5 Å². The van der Waals surface area contributed by atoms with E-state index in [0.717, 1.165) is 22.3 Å². The van der Waals surface area contributed by atoms with Gasteiger partial charge in [-0.2, -0.15) is 0 Å². The number of ether oxygens (including phenoxy) is 1. The van der Waals surface area contributed by atoms with Gasteiger partial charge in [0, 0.05) is 18.5 Å². The van der Waals surface area contributed by atoms with Crippen molar-refractivity contribution in [2.45, 2.75) is 31.7 Å². The molecule has 1 aliphatic carbocycles. The first-order valence-corrected chi connectivity index (χ1v) is 10.3. The number of carboxylic acid groups (broad SMARTS) is 1. The molecular weight excluding hydrogens is 396 g/mol. The van der Waals surface area contributed by atoms with Gasteiger partial charge in [-0.1, -0.05) is 68.0 Å². The van der Waals surface area contributed by atoms with Gasteiger partial charge >= 0.3 is 12.1 Å². The summed E-state index contributed by atoms with van der Waals surface area (Å²) in [7, 11) is 0. The lowest BCUT2D eigenvalue weighted by molar-refractivity contribution is -0.141. The summed E-state index contributed by atoms with van der Waals surface area (Å²) in [5, 5.41) is 14.0. The highest BCUT2D eigenvalue weighted by molar-refractivity contribution is 5.91. The van der Waals surface area contributed by atoms with Crippen LogP contribution in [0.5, 0.6) is 0 Å². The first-order chi connectivity index (χ1) is 15.0. The third-order valence-electron chi connectivity index (χ3n) is 5.17. The number of alkyl carbamates (subject to hydrolysis) is 1. The van der Waals surface area contributed by atoms with Gasteiger partial charge in [0.25, 0.3) is 0 Å². The summed E-state index contributed by atoms with van der Waals surface area (Å²) in [5.74, 6) is -1.61. The minimum Gasteiger partial charge on any atom is -0.480 e. The van der Waals surface area contributed by atoms with Crippen LogP contribution in [0.4, 0.5) is 4.79 Å². The van der Waals surface area contributed by atoms with Crippen LogP contribution in [0.1, 0.15) is 36.8 Å². The van der Waals surface area contributed by atoms with Crippen LogP contribution in [0.25, 0.3) is 11.1 Å². The van der Waals surface area contributed by atoms with E-state index >= 15 is 0 Å². The van der Waals surface area contributed by atoms with Crippen molar-refractivity contribution in [3.63, 3.8) is 0 Å².